The molecule has 0 saturated heterocycles. The normalized spacial score (nSPS) is 27.3. The summed E-state index contributed by atoms with van der Waals surface area (Å²) in [5.41, 5.74) is 1.15. The molecule has 0 aromatic heterocycles. The number of carboxylic acids is 1. The number of carboxylic acid groups (broad SMARTS) is 1. The van der Waals surface area contributed by atoms with Crippen molar-refractivity contribution in [3.63, 3.8) is 0 Å². The number of benzene rings is 1. The van der Waals surface area contributed by atoms with E-state index in [2.05, 4.69) is 5.32 Å². The fourth-order valence-electron chi connectivity index (χ4n) is 2.47. The van der Waals surface area contributed by atoms with E-state index in [9.17, 15) is 9.59 Å². The number of fused-ring (bicyclic) bond motifs is 1. The Kier molecular flexibility index (Phi) is 2.89. The van der Waals surface area contributed by atoms with Crippen LogP contribution in [-0.4, -0.2) is 29.6 Å². The number of aliphatic carboxylic acids is 1. The van der Waals surface area contributed by atoms with Crippen LogP contribution < -0.4 is 10.1 Å². The number of amides is 1. The second kappa shape index (κ2) is 4.57. The third-order valence-corrected chi connectivity index (χ3v) is 3.66. The van der Waals surface area contributed by atoms with Gasteiger partial charge in [0, 0.05) is 6.42 Å². The van der Waals surface area contributed by atoms with Gasteiger partial charge in [-0.05, 0) is 18.1 Å². The van der Waals surface area contributed by atoms with Crippen LogP contribution in [-0.2, 0) is 16.0 Å². The molecule has 1 saturated carbocycles. The highest BCUT2D eigenvalue weighted by Crippen LogP contribution is 2.38. The van der Waals surface area contributed by atoms with Crippen molar-refractivity contribution in [3.8, 4) is 5.75 Å². The minimum absolute atomic E-state index is 0.0524. The third kappa shape index (κ3) is 2.41. The van der Waals surface area contributed by atoms with Gasteiger partial charge in [-0.3, -0.25) is 9.59 Å². The van der Waals surface area contributed by atoms with Crippen LogP contribution in [0.15, 0.2) is 24.3 Å². The van der Waals surface area contributed by atoms with E-state index in [1.54, 1.807) is 0 Å². The van der Waals surface area contributed by atoms with Gasteiger partial charge in [-0.1, -0.05) is 18.2 Å². The Bertz CT molecular complexity index is 503. The molecule has 1 aliphatic heterocycles. The van der Waals surface area contributed by atoms with Gasteiger partial charge in [-0.15, -0.1) is 0 Å². The summed E-state index contributed by atoms with van der Waals surface area (Å²) in [7, 11) is 0. The zero-order chi connectivity index (χ0) is 13.4. The molecule has 0 bridgehead atoms. The first-order chi connectivity index (χ1) is 9.15. The SMILES string of the molecule is O=C(O)C1CC1C(=O)NCC1Cc2ccccc2O1. The zero-order valence-electron chi connectivity index (χ0n) is 10.3. The Labute approximate surface area is 110 Å². The van der Waals surface area contributed by atoms with Gasteiger partial charge in [0.2, 0.25) is 5.91 Å². The molecule has 1 amide bonds. The molecule has 1 aromatic carbocycles. The minimum Gasteiger partial charge on any atom is -0.488 e. The Morgan fingerprint density at radius 1 is 1.32 bits per heavy atom. The first-order valence-corrected chi connectivity index (χ1v) is 6.40. The van der Waals surface area contributed by atoms with E-state index in [4.69, 9.17) is 9.84 Å². The van der Waals surface area contributed by atoms with E-state index >= 15 is 0 Å². The lowest BCUT2D eigenvalue weighted by molar-refractivity contribution is -0.140. The second-order valence-corrected chi connectivity index (χ2v) is 5.08. The van der Waals surface area contributed by atoms with E-state index in [-0.39, 0.29) is 17.9 Å². The number of nitrogens with one attached hydrogen (secondary N) is 1. The van der Waals surface area contributed by atoms with E-state index in [1.165, 1.54) is 0 Å². The average molecular weight is 261 g/mol. The molecule has 1 heterocycles. The molecule has 2 N–H and O–H groups in total. The molecular weight excluding hydrogens is 246 g/mol. The first kappa shape index (κ1) is 12.0. The molecule has 1 aromatic rings. The maximum absolute atomic E-state index is 11.7. The van der Waals surface area contributed by atoms with Crippen LogP contribution in [0.4, 0.5) is 0 Å². The number of hydrogen-bond donors (Lipinski definition) is 2. The monoisotopic (exact) mass is 261 g/mol. The molecule has 3 unspecified atom stereocenters. The average Bonchev–Trinajstić information content (AvgIpc) is 3.09. The standard InChI is InChI=1S/C14H15NO4/c16-13(10-6-11(10)14(17)18)15-7-9-5-8-3-1-2-4-12(8)19-9/h1-4,9-11H,5-7H2,(H,15,16)(H,17,18). The lowest BCUT2D eigenvalue weighted by Crippen LogP contribution is -2.35. The molecule has 100 valence electrons. The third-order valence-electron chi connectivity index (χ3n) is 3.66. The maximum atomic E-state index is 11.7. The van der Waals surface area contributed by atoms with Crippen LogP contribution in [0.5, 0.6) is 5.75 Å². The number of hydrogen-bond acceptors (Lipinski definition) is 3. The molecule has 2 aliphatic rings. The van der Waals surface area contributed by atoms with Gasteiger partial charge >= 0.3 is 5.97 Å². The number of ether oxygens (including phenoxy) is 1. The zero-order valence-corrected chi connectivity index (χ0v) is 10.3. The van der Waals surface area contributed by atoms with Crippen LogP contribution in [0.1, 0.15) is 12.0 Å². The number of carbonyl (C=O) groups is 2. The van der Waals surface area contributed by atoms with Crippen molar-refractivity contribution in [2.45, 2.75) is 18.9 Å². The van der Waals surface area contributed by atoms with E-state index < -0.39 is 11.9 Å². The lowest BCUT2D eigenvalue weighted by atomic mass is 10.1. The largest absolute Gasteiger partial charge is 0.488 e. The van der Waals surface area contributed by atoms with Crippen molar-refractivity contribution < 1.29 is 19.4 Å². The minimum atomic E-state index is -0.885. The van der Waals surface area contributed by atoms with Crippen molar-refractivity contribution >= 4 is 11.9 Å². The topological polar surface area (TPSA) is 75.6 Å². The summed E-state index contributed by atoms with van der Waals surface area (Å²) in [4.78, 5) is 22.4. The van der Waals surface area contributed by atoms with Crippen LogP contribution in [0.2, 0.25) is 0 Å². The molecule has 3 atom stereocenters. The summed E-state index contributed by atoms with van der Waals surface area (Å²) in [6.07, 6.45) is 1.18. The van der Waals surface area contributed by atoms with Crippen LogP contribution in [0.3, 0.4) is 0 Å². The van der Waals surface area contributed by atoms with Gasteiger partial charge in [0.15, 0.2) is 0 Å². The smallest absolute Gasteiger partial charge is 0.307 e. The fraction of sp³-hybridized carbons (Fsp3) is 0.429. The van der Waals surface area contributed by atoms with Crippen molar-refractivity contribution in [3.05, 3.63) is 29.8 Å². The number of rotatable bonds is 4. The number of carbonyl (C=O) groups excluding carboxylic acids is 1. The van der Waals surface area contributed by atoms with Crippen molar-refractivity contribution in [1.29, 1.82) is 0 Å². The van der Waals surface area contributed by atoms with Crippen LogP contribution >= 0.6 is 0 Å². The molecule has 0 spiro atoms. The fourth-order valence-corrected chi connectivity index (χ4v) is 2.47. The lowest BCUT2D eigenvalue weighted by Gasteiger charge is -2.11. The molecule has 1 fully saturated rings. The Balaban J connectivity index is 1.47. The molecule has 19 heavy (non-hydrogen) atoms. The summed E-state index contributed by atoms with van der Waals surface area (Å²) in [5, 5.41) is 11.5. The molecular formula is C14H15NO4. The predicted molar refractivity (Wildman–Crippen MR) is 66.8 cm³/mol. The van der Waals surface area contributed by atoms with Crippen LogP contribution in [0.25, 0.3) is 0 Å². The van der Waals surface area contributed by atoms with Crippen molar-refractivity contribution in [1.82, 2.24) is 5.32 Å². The van der Waals surface area contributed by atoms with Gasteiger partial charge in [0.05, 0.1) is 18.4 Å². The van der Waals surface area contributed by atoms with Gasteiger partial charge in [-0.2, -0.15) is 0 Å². The molecule has 0 radical (unpaired) electrons. The van der Waals surface area contributed by atoms with Gasteiger partial charge in [0.1, 0.15) is 11.9 Å². The Morgan fingerprint density at radius 2 is 2.11 bits per heavy atom. The number of para-hydroxylation sites is 1. The van der Waals surface area contributed by atoms with Gasteiger partial charge in [0.25, 0.3) is 0 Å². The van der Waals surface area contributed by atoms with Crippen LogP contribution in [0, 0.1) is 11.8 Å². The summed E-state index contributed by atoms with van der Waals surface area (Å²) in [6, 6.07) is 7.81. The summed E-state index contributed by atoms with van der Waals surface area (Å²) < 4.78 is 5.70. The highest BCUT2D eigenvalue weighted by atomic mass is 16.5. The van der Waals surface area contributed by atoms with E-state index in [1.807, 2.05) is 24.3 Å². The van der Waals surface area contributed by atoms with E-state index in [0.717, 1.165) is 17.7 Å². The quantitative estimate of drug-likeness (QED) is 0.841. The van der Waals surface area contributed by atoms with Crippen molar-refractivity contribution in [2.24, 2.45) is 11.8 Å². The maximum Gasteiger partial charge on any atom is 0.307 e. The van der Waals surface area contributed by atoms with Gasteiger partial charge in [-0.25, -0.2) is 0 Å². The van der Waals surface area contributed by atoms with Gasteiger partial charge < -0.3 is 15.2 Å². The second-order valence-electron chi connectivity index (χ2n) is 5.08. The predicted octanol–water partition coefficient (Wildman–Crippen LogP) is 0.827. The Morgan fingerprint density at radius 3 is 2.79 bits per heavy atom. The molecule has 5 nitrogen and oxygen atoms in total. The summed E-state index contributed by atoms with van der Waals surface area (Å²) in [5.74, 6) is -1.05. The molecule has 1 aliphatic carbocycles. The summed E-state index contributed by atoms with van der Waals surface area (Å²) >= 11 is 0. The van der Waals surface area contributed by atoms with Crippen molar-refractivity contribution in [2.75, 3.05) is 6.54 Å². The molecule has 3 rings (SSSR count). The highest BCUT2D eigenvalue weighted by molar-refractivity contribution is 5.89. The first-order valence-electron chi connectivity index (χ1n) is 6.40. The molecule has 5 heteroatoms. The van der Waals surface area contributed by atoms with E-state index in [0.29, 0.717) is 13.0 Å². The highest BCUT2D eigenvalue weighted by Gasteiger charge is 2.48. The summed E-state index contributed by atoms with van der Waals surface area (Å²) in [6.45, 7) is 0.427. The Hall–Kier alpha value is -2.04.